The molecule has 0 unspecified atom stereocenters. The van der Waals surface area contributed by atoms with Gasteiger partial charge in [-0.2, -0.15) is 0 Å². The Morgan fingerprint density at radius 3 is 2.24 bits per heavy atom. The monoisotopic (exact) mass is 230 g/mol. The van der Waals surface area contributed by atoms with Crippen LogP contribution in [-0.2, 0) is 12.8 Å². The van der Waals surface area contributed by atoms with Crippen LogP contribution < -0.4 is 4.90 Å². The molecule has 1 heterocycles. The summed E-state index contributed by atoms with van der Waals surface area (Å²) in [5.74, 6) is 0. The van der Waals surface area contributed by atoms with Gasteiger partial charge in [0.1, 0.15) is 0 Å². The second-order valence-corrected chi connectivity index (χ2v) is 4.64. The van der Waals surface area contributed by atoms with Gasteiger partial charge in [0.05, 0.1) is 12.9 Å². The maximum atomic E-state index is 4.34. The molecule has 0 amide bonds. The van der Waals surface area contributed by atoms with Crippen LogP contribution in [-0.4, -0.2) is 19.4 Å². The molecule has 1 aromatic rings. The van der Waals surface area contributed by atoms with Gasteiger partial charge in [0.15, 0.2) is 0 Å². The van der Waals surface area contributed by atoms with Crippen LogP contribution in [0.4, 0.5) is 5.69 Å². The molecule has 92 valence electrons. The molecule has 0 radical (unpaired) electrons. The summed E-state index contributed by atoms with van der Waals surface area (Å²) >= 11 is 0. The van der Waals surface area contributed by atoms with Gasteiger partial charge in [-0.25, -0.2) is 0 Å². The largest absolute Gasteiger partial charge is 0.330 e. The van der Waals surface area contributed by atoms with E-state index >= 15 is 0 Å². The highest BCUT2D eigenvalue weighted by Gasteiger charge is 2.15. The Hall–Kier alpha value is -1.31. The van der Waals surface area contributed by atoms with Gasteiger partial charge in [-0.1, -0.05) is 44.9 Å². The van der Waals surface area contributed by atoms with Crippen molar-refractivity contribution < 1.29 is 0 Å². The van der Waals surface area contributed by atoms with Crippen molar-refractivity contribution in [3.63, 3.8) is 0 Å². The Balaban J connectivity index is 2.37. The third-order valence-electron chi connectivity index (χ3n) is 3.22. The first kappa shape index (κ1) is 12.2. The van der Waals surface area contributed by atoms with Crippen molar-refractivity contribution in [1.82, 2.24) is 0 Å². The molecule has 17 heavy (non-hydrogen) atoms. The molecule has 0 atom stereocenters. The number of rotatable bonds is 5. The van der Waals surface area contributed by atoms with Gasteiger partial charge in [0.2, 0.25) is 0 Å². The zero-order chi connectivity index (χ0) is 12.1. The van der Waals surface area contributed by atoms with Gasteiger partial charge in [-0.05, 0) is 24.0 Å². The van der Waals surface area contributed by atoms with Crippen LogP contribution in [0.25, 0.3) is 0 Å². The van der Waals surface area contributed by atoms with Crippen LogP contribution in [0.1, 0.15) is 37.8 Å². The zero-order valence-corrected chi connectivity index (χ0v) is 10.9. The quantitative estimate of drug-likeness (QED) is 0.756. The molecule has 1 aromatic carbocycles. The van der Waals surface area contributed by atoms with E-state index in [1.54, 1.807) is 0 Å². The number of anilines is 1. The minimum atomic E-state index is 0.937. The predicted octanol–water partition coefficient (Wildman–Crippen LogP) is 3.44. The minimum absolute atomic E-state index is 0.937. The van der Waals surface area contributed by atoms with Crippen LogP contribution in [0.2, 0.25) is 0 Å². The molecule has 0 fully saturated rings. The number of hydrogen-bond donors (Lipinski definition) is 0. The lowest BCUT2D eigenvalue weighted by atomic mass is 9.99. The summed E-state index contributed by atoms with van der Waals surface area (Å²) in [5.41, 5.74) is 4.39. The average Bonchev–Trinajstić information content (AvgIpc) is 2.84. The molecule has 2 rings (SSSR count). The number of aliphatic imine (C=N–C) groups is 1. The van der Waals surface area contributed by atoms with E-state index in [1.165, 1.54) is 29.7 Å². The lowest BCUT2D eigenvalue weighted by molar-refractivity contribution is 0.881. The van der Waals surface area contributed by atoms with E-state index in [-0.39, 0.29) is 0 Å². The lowest BCUT2D eigenvalue weighted by Gasteiger charge is -2.22. The van der Waals surface area contributed by atoms with Gasteiger partial charge < -0.3 is 4.90 Å². The smallest absolute Gasteiger partial charge is 0.0895 e. The van der Waals surface area contributed by atoms with Crippen LogP contribution in [0, 0.1) is 0 Å². The number of hydrogen-bond acceptors (Lipinski definition) is 2. The first-order valence-electron chi connectivity index (χ1n) is 6.74. The normalized spacial score (nSPS) is 14.6. The molecule has 0 spiro atoms. The van der Waals surface area contributed by atoms with Crippen molar-refractivity contribution >= 4 is 12.0 Å². The molecular weight excluding hydrogens is 208 g/mol. The number of para-hydroxylation sites is 1. The molecule has 0 bridgehead atoms. The molecule has 2 nitrogen and oxygen atoms in total. The summed E-state index contributed by atoms with van der Waals surface area (Å²) in [5, 5.41) is 0. The van der Waals surface area contributed by atoms with Crippen molar-refractivity contribution in [1.29, 1.82) is 0 Å². The number of aryl methyl sites for hydroxylation is 2. The topological polar surface area (TPSA) is 15.6 Å². The molecule has 0 N–H and O–H groups in total. The van der Waals surface area contributed by atoms with E-state index in [0.29, 0.717) is 0 Å². The van der Waals surface area contributed by atoms with Crippen molar-refractivity contribution in [2.45, 2.75) is 39.5 Å². The van der Waals surface area contributed by atoms with Gasteiger partial charge in [0.25, 0.3) is 0 Å². The summed E-state index contributed by atoms with van der Waals surface area (Å²) in [6.45, 7) is 6.46. The minimum Gasteiger partial charge on any atom is -0.330 e. The Bertz CT molecular complexity index is 372. The van der Waals surface area contributed by atoms with E-state index in [2.05, 4.69) is 41.9 Å². The summed E-state index contributed by atoms with van der Waals surface area (Å²) in [6, 6.07) is 6.74. The molecule has 0 saturated heterocycles. The average molecular weight is 230 g/mol. The fourth-order valence-electron chi connectivity index (χ4n) is 2.50. The lowest BCUT2D eigenvalue weighted by Crippen LogP contribution is -2.21. The molecule has 0 aliphatic carbocycles. The van der Waals surface area contributed by atoms with Crippen molar-refractivity contribution in [2.75, 3.05) is 18.0 Å². The van der Waals surface area contributed by atoms with E-state index in [0.717, 1.165) is 25.9 Å². The van der Waals surface area contributed by atoms with Crippen molar-refractivity contribution in [2.24, 2.45) is 4.99 Å². The van der Waals surface area contributed by atoms with Gasteiger partial charge >= 0.3 is 0 Å². The third kappa shape index (κ3) is 2.68. The maximum Gasteiger partial charge on any atom is 0.0895 e. The van der Waals surface area contributed by atoms with Gasteiger partial charge in [-0.15, -0.1) is 0 Å². The zero-order valence-electron chi connectivity index (χ0n) is 10.9. The molecular formula is C15H22N2. The fourth-order valence-corrected chi connectivity index (χ4v) is 2.50. The Morgan fingerprint density at radius 2 is 1.76 bits per heavy atom. The third-order valence-corrected chi connectivity index (χ3v) is 3.22. The van der Waals surface area contributed by atoms with Crippen LogP contribution in [0.3, 0.4) is 0 Å². The second-order valence-electron chi connectivity index (χ2n) is 4.64. The van der Waals surface area contributed by atoms with Crippen molar-refractivity contribution in [3.8, 4) is 0 Å². The Kier molecular flexibility index (Phi) is 4.18. The second kappa shape index (κ2) is 5.85. The van der Waals surface area contributed by atoms with E-state index in [4.69, 9.17) is 0 Å². The first-order chi connectivity index (χ1) is 8.36. The van der Waals surface area contributed by atoms with Crippen LogP contribution in [0.5, 0.6) is 0 Å². The molecule has 1 aliphatic heterocycles. The summed E-state index contributed by atoms with van der Waals surface area (Å²) in [7, 11) is 0. The molecule has 0 aromatic heterocycles. The van der Waals surface area contributed by atoms with E-state index in [9.17, 15) is 0 Å². The van der Waals surface area contributed by atoms with Gasteiger partial charge in [-0.3, -0.25) is 4.99 Å². The van der Waals surface area contributed by atoms with Crippen LogP contribution in [0.15, 0.2) is 23.2 Å². The molecule has 0 saturated carbocycles. The summed E-state index contributed by atoms with van der Waals surface area (Å²) in [6.07, 6.45) is 6.74. The number of nitrogens with zero attached hydrogens (tertiary/aromatic N) is 2. The highest BCUT2D eigenvalue weighted by atomic mass is 15.2. The highest BCUT2D eigenvalue weighted by molar-refractivity contribution is 5.84. The molecule has 1 aliphatic rings. The van der Waals surface area contributed by atoms with E-state index < -0.39 is 0 Å². The fraction of sp³-hybridized carbons (Fsp3) is 0.533. The predicted molar refractivity (Wildman–Crippen MR) is 75.1 cm³/mol. The maximum absolute atomic E-state index is 4.34. The summed E-state index contributed by atoms with van der Waals surface area (Å²) < 4.78 is 0. The van der Waals surface area contributed by atoms with Crippen LogP contribution >= 0.6 is 0 Å². The number of benzene rings is 1. The molecule has 2 heteroatoms. The van der Waals surface area contributed by atoms with Gasteiger partial charge in [0, 0.05) is 12.2 Å². The first-order valence-corrected chi connectivity index (χ1v) is 6.74. The Labute approximate surface area is 104 Å². The Morgan fingerprint density at radius 1 is 1.12 bits per heavy atom. The van der Waals surface area contributed by atoms with E-state index in [1.807, 2.05) is 6.34 Å². The SMILES string of the molecule is CCCc1cccc(CCC)c1N1C=NCC1. The standard InChI is InChI=1S/C15H22N2/c1-3-6-13-8-5-9-14(7-4-2)15(13)17-11-10-16-12-17/h5,8-9,12H,3-4,6-7,10-11H2,1-2H3. The van der Waals surface area contributed by atoms with Crippen molar-refractivity contribution in [3.05, 3.63) is 29.3 Å². The highest BCUT2D eigenvalue weighted by Crippen LogP contribution is 2.28. The summed E-state index contributed by atoms with van der Waals surface area (Å²) in [4.78, 5) is 6.67.